The van der Waals surface area contributed by atoms with Crippen molar-refractivity contribution in [2.75, 3.05) is 13.2 Å². The van der Waals surface area contributed by atoms with Crippen molar-refractivity contribution in [2.45, 2.75) is 322 Å². The van der Waals surface area contributed by atoms with E-state index in [1.54, 1.807) is 0 Å². The lowest BCUT2D eigenvalue weighted by Gasteiger charge is -2.18. The van der Waals surface area contributed by atoms with Crippen molar-refractivity contribution in [1.82, 2.24) is 0 Å². The van der Waals surface area contributed by atoms with Gasteiger partial charge in [0.2, 0.25) is 0 Å². The zero-order chi connectivity index (χ0) is 55.7. The topological polar surface area (TPSA) is 78.9 Å². The average molecular weight is 1070 g/mol. The van der Waals surface area contributed by atoms with Gasteiger partial charge in [-0.15, -0.1) is 0 Å². The standard InChI is InChI=1S/C71H122O6/c1-4-7-10-13-16-19-22-25-27-29-31-33-34-35-36-38-39-41-43-46-49-52-55-58-61-64-70(73)76-67-68(66-75-69(72)63-60-57-54-51-48-45-24-21-18-15-12-9-6-3)77-71(74)65-62-59-56-53-50-47-44-42-40-37-32-30-28-26-23-20-17-14-11-8-5-2/h8,11,17,20,22,25-26,28-29,31-32,34-35,37,42,44,68H,4-7,9-10,12-16,18-19,21,23-24,27,30,33,36,38-41,43,45-67H2,1-3H3/b11-8-,20-17-,25-22-,28-26-,31-29-,35-34-,37-32-,44-42-. The highest BCUT2D eigenvalue weighted by Gasteiger charge is 2.19. The fourth-order valence-corrected chi connectivity index (χ4v) is 9.18. The van der Waals surface area contributed by atoms with E-state index in [1.807, 2.05) is 0 Å². The molecule has 0 bridgehead atoms. The fraction of sp³-hybridized carbons (Fsp3) is 0.732. The van der Waals surface area contributed by atoms with E-state index in [1.165, 1.54) is 154 Å². The normalized spacial score (nSPS) is 12.7. The second kappa shape index (κ2) is 64.9. The molecule has 0 N–H and O–H groups in total. The first-order valence-corrected chi connectivity index (χ1v) is 32.7. The number of ether oxygens (including phenoxy) is 3. The molecule has 6 heteroatoms. The number of carbonyl (C=O) groups is 3. The van der Waals surface area contributed by atoms with Gasteiger partial charge in [0.05, 0.1) is 0 Å². The first-order valence-electron chi connectivity index (χ1n) is 32.7. The van der Waals surface area contributed by atoms with Crippen molar-refractivity contribution < 1.29 is 28.6 Å². The van der Waals surface area contributed by atoms with E-state index in [0.29, 0.717) is 19.3 Å². The molecule has 77 heavy (non-hydrogen) atoms. The van der Waals surface area contributed by atoms with E-state index < -0.39 is 6.10 Å². The van der Waals surface area contributed by atoms with Gasteiger partial charge in [0.25, 0.3) is 0 Å². The molecule has 0 aliphatic rings. The maximum Gasteiger partial charge on any atom is 0.306 e. The second-order valence-electron chi connectivity index (χ2n) is 21.6. The largest absolute Gasteiger partial charge is 0.462 e. The second-order valence-corrected chi connectivity index (χ2v) is 21.6. The molecule has 0 rings (SSSR count). The van der Waals surface area contributed by atoms with Crippen molar-refractivity contribution in [2.24, 2.45) is 0 Å². The third-order valence-corrected chi connectivity index (χ3v) is 14.1. The van der Waals surface area contributed by atoms with Crippen LogP contribution in [-0.2, 0) is 28.6 Å². The van der Waals surface area contributed by atoms with Crippen molar-refractivity contribution in [3.05, 3.63) is 97.2 Å². The Labute approximate surface area is 477 Å². The molecule has 0 fully saturated rings. The number of hydrogen-bond acceptors (Lipinski definition) is 6. The minimum atomic E-state index is -0.790. The first-order chi connectivity index (χ1) is 38.0. The Morgan fingerprint density at radius 3 is 0.792 bits per heavy atom. The van der Waals surface area contributed by atoms with Crippen LogP contribution in [0.15, 0.2) is 97.2 Å². The van der Waals surface area contributed by atoms with Gasteiger partial charge in [0, 0.05) is 19.3 Å². The van der Waals surface area contributed by atoms with Crippen molar-refractivity contribution in [3.63, 3.8) is 0 Å². The molecule has 0 saturated carbocycles. The zero-order valence-electron chi connectivity index (χ0n) is 50.7. The molecule has 0 aliphatic carbocycles. The van der Waals surface area contributed by atoms with Crippen LogP contribution in [0.1, 0.15) is 316 Å². The van der Waals surface area contributed by atoms with E-state index in [2.05, 4.69) is 118 Å². The highest BCUT2D eigenvalue weighted by molar-refractivity contribution is 5.71. The summed E-state index contributed by atoms with van der Waals surface area (Å²) in [5.74, 6) is -0.896. The van der Waals surface area contributed by atoms with Gasteiger partial charge in [-0.3, -0.25) is 14.4 Å². The van der Waals surface area contributed by atoms with Crippen LogP contribution in [-0.4, -0.2) is 37.2 Å². The molecular formula is C71H122O6. The summed E-state index contributed by atoms with van der Waals surface area (Å²) in [7, 11) is 0. The molecule has 1 atom stereocenters. The molecule has 0 aliphatic heterocycles. The van der Waals surface area contributed by atoms with E-state index in [0.717, 1.165) is 122 Å². The van der Waals surface area contributed by atoms with Crippen LogP contribution in [0.25, 0.3) is 0 Å². The van der Waals surface area contributed by atoms with Gasteiger partial charge >= 0.3 is 17.9 Å². The molecule has 6 nitrogen and oxygen atoms in total. The van der Waals surface area contributed by atoms with Gasteiger partial charge in [0.15, 0.2) is 6.10 Å². The number of carbonyl (C=O) groups excluding carboxylic acids is 3. The number of rotatable bonds is 59. The Morgan fingerprint density at radius 1 is 0.273 bits per heavy atom. The molecule has 1 unspecified atom stereocenters. The predicted octanol–water partition coefficient (Wildman–Crippen LogP) is 22.4. The average Bonchev–Trinajstić information content (AvgIpc) is 3.43. The molecule has 0 spiro atoms. The Morgan fingerprint density at radius 2 is 0.506 bits per heavy atom. The van der Waals surface area contributed by atoms with Crippen molar-refractivity contribution in [3.8, 4) is 0 Å². The number of unbranched alkanes of at least 4 members (excludes halogenated alkanes) is 32. The summed E-state index contributed by atoms with van der Waals surface area (Å²) in [6.07, 6.45) is 86.9. The van der Waals surface area contributed by atoms with Crippen LogP contribution in [0.3, 0.4) is 0 Å². The Bertz CT molecular complexity index is 1510. The van der Waals surface area contributed by atoms with Crippen LogP contribution < -0.4 is 0 Å². The SMILES string of the molecule is CC/C=C\C/C=C\C/C=C\C/C=C\C/C=C\CCCCCCCC(=O)OC(COC(=O)CCCCCCCCCCCC/C=C\C/C=C\C/C=C\CCCCCCC)COC(=O)CCCCCCCCCCCCCCC. The Kier molecular flexibility index (Phi) is 61.8. The molecular weight excluding hydrogens is 949 g/mol. The van der Waals surface area contributed by atoms with Gasteiger partial charge in [-0.1, -0.05) is 291 Å². The third kappa shape index (κ3) is 63.0. The highest BCUT2D eigenvalue weighted by Crippen LogP contribution is 2.16. The maximum atomic E-state index is 12.9. The number of allylic oxidation sites excluding steroid dienone is 16. The van der Waals surface area contributed by atoms with E-state index in [4.69, 9.17) is 14.2 Å². The summed E-state index contributed by atoms with van der Waals surface area (Å²) in [6.45, 7) is 6.52. The summed E-state index contributed by atoms with van der Waals surface area (Å²) in [5, 5.41) is 0. The van der Waals surface area contributed by atoms with E-state index >= 15 is 0 Å². The molecule has 0 aromatic carbocycles. The van der Waals surface area contributed by atoms with Crippen LogP contribution in [0, 0.1) is 0 Å². The molecule has 0 radical (unpaired) electrons. The minimum Gasteiger partial charge on any atom is -0.462 e. The van der Waals surface area contributed by atoms with Crippen molar-refractivity contribution in [1.29, 1.82) is 0 Å². The number of esters is 3. The lowest BCUT2D eigenvalue weighted by Crippen LogP contribution is -2.30. The van der Waals surface area contributed by atoms with Crippen molar-refractivity contribution >= 4 is 17.9 Å². The number of hydrogen-bond donors (Lipinski definition) is 0. The third-order valence-electron chi connectivity index (χ3n) is 14.1. The summed E-state index contributed by atoms with van der Waals surface area (Å²) < 4.78 is 16.9. The van der Waals surface area contributed by atoms with Gasteiger partial charge in [-0.25, -0.2) is 0 Å². The summed E-state index contributed by atoms with van der Waals surface area (Å²) in [5.41, 5.74) is 0. The summed E-state index contributed by atoms with van der Waals surface area (Å²) in [6, 6.07) is 0. The quantitative estimate of drug-likeness (QED) is 0.0261. The van der Waals surface area contributed by atoms with Crippen LogP contribution in [0.4, 0.5) is 0 Å². The zero-order valence-corrected chi connectivity index (χ0v) is 50.7. The molecule has 0 saturated heterocycles. The molecule has 0 heterocycles. The van der Waals surface area contributed by atoms with Gasteiger partial charge in [-0.2, -0.15) is 0 Å². The lowest BCUT2D eigenvalue weighted by atomic mass is 10.0. The smallest absolute Gasteiger partial charge is 0.306 e. The van der Waals surface area contributed by atoms with Crippen LogP contribution >= 0.6 is 0 Å². The van der Waals surface area contributed by atoms with E-state index in [9.17, 15) is 14.4 Å². The molecule has 0 aromatic rings. The summed E-state index contributed by atoms with van der Waals surface area (Å²) in [4.78, 5) is 38.3. The molecule has 442 valence electrons. The molecule has 0 amide bonds. The lowest BCUT2D eigenvalue weighted by molar-refractivity contribution is -0.167. The maximum absolute atomic E-state index is 12.9. The van der Waals surface area contributed by atoms with Gasteiger partial charge < -0.3 is 14.2 Å². The van der Waals surface area contributed by atoms with Crippen LogP contribution in [0.5, 0.6) is 0 Å². The van der Waals surface area contributed by atoms with E-state index in [-0.39, 0.29) is 31.1 Å². The summed E-state index contributed by atoms with van der Waals surface area (Å²) >= 11 is 0. The fourth-order valence-electron chi connectivity index (χ4n) is 9.18. The highest BCUT2D eigenvalue weighted by atomic mass is 16.6. The predicted molar refractivity (Wildman–Crippen MR) is 334 cm³/mol. The van der Waals surface area contributed by atoms with Crippen LogP contribution in [0.2, 0.25) is 0 Å². The minimum absolute atomic E-state index is 0.0845. The monoisotopic (exact) mass is 1070 g/mol. The van der Waals surface area contributed by atoms with Gasteiger partial charge in [0.1, 0.15) is 13.2 Å². The first kappa shape index (κ1) is 73.3. The Hall–Kier alpha value is -3.67. The van der Waals surface area contributed by atoms with Gasteiger partial charge in [-0.05, 0) is 103 Å². The molecule has 0 aromatic heterocycles. The Balaban J connectivity index is 4.36.